The largest absolute Gasteiger partial charge is 0.457 e. The molecule has 0 saturated carbocycles. The van der Waals surface area contributed by atoms with Crippen molar-refractivity contribution in [1.82, 2.24) is 4.98 Å². The van der Waals surface area contributed by atoms with E-state index in [0.717, 1.165) is 6.07 Å². The quantitative estimate of drug-likeness (QED) is 0.588. The second-order valence-electron chi connectivity index (χ2n) is 4.74. The maximum absolute atomic E-state index is 13.0. The summed E-state index contributed by atoms with van der Waals surface area (Å²) >= 11 is 5.90. The van der Waals surface area contributed by atoms with Gasteiger partial charge in [-0.2, -0.15) is 13.2 Å². The normalized spacial score (nSPS) is 11.7. The molecule has 2 aromatic carbocycles. The van der Waals surface area contributed by atoms with Crippen LogP contribution in [0.3, 0.4) is 0 Å². The molecule has 3 nitrogen and oxygen atoms in total. The number of aromatic nitrogens is 1. The Morgan fingerprint density at radius 3 is 2.35 bits per heavy atom. The highest BCUT2D eigenvalue weighted by Crippen LogP contribution is 2.37. The molecule has 0 unspecified atom stereocenters. The lowest BCUT2D eigenvalue weighted by molar-refractivity contribution is -0.141. The highest BCUT2D eigenvalue weighted by Gasteiger charge is 2.33. The fourth-order valence-corrected chi connectivity index (χ4v) is 2.20. The van der Waals surface area contributed by atoms with Crippen LogP contribution in [0.25, 0.3) is 10.9 Å². The monoisotopic (exact) mass is 338 g/mol. The number of hydrogen-bond donors (Lipinski definition) is 0. The molecule has 1 aromatic heterocycles. The summed E-state index contributed by atoms with van der Waals surface area (Å²) in [6.07, 6.45) is -4.61. The minimum absolute atomic E-state index is 0.0385. The molecule has 7 heteroatoms. The molecule has 3 aromatic rings. The summed E-state index contributed by atoms with van der Waals surface area (Å²) in [6, 6.07) is 10.4. The van der Waals surface area contributed by atoms with E-state index in [1.54, 1.807) is 0 Å². The van der Waals surface area contributed by atoms with Crippen molar-refractivity contribution in [1.29, 1.82) is 0 Å². The van der Waals surface area contributed by atoms with Crippen LogP contribution in [-0.4, -0.2) is 4.98 Å². The van der Waals surface area contributed by atoms with Crippen molar-refractivity contribution in [2.24, 2.45) is 0 Å². The van der Waals surface area contributed by atoms with Gasteiger partial charge in [-0.3, -0.25) is 5.11 Å². The van der Waals surface area contributed by atoms with Crippen LogP contribution in [-0.2, 0) is 11.3 Å². The molecule has 0 fully saturated rings. The molecule has 0 aliphatic carbocycles. The molecule has 0 spiro atoms. The number of ether oxygens (including phenoxy) is 1. The number of nitrogens with zero attached hydrogens (tertiary/aromatic N) is 1. The van der Waals surface area contributed by atoms with Gasteiger partial charge in [-0.25, -0.2) is 4.98 Å². The van der Waals surface area contributed by atoms with Crippen LogP contribution in [0, 0.1) is 0 Å². The number of benzene rings is 2. The Labute approximate surface area is 133 Å². The molecule has 1 radical (unpaired) electrons. The Kier molecular flexibility index (Phi) is 3.77. The van der Waals surface area contributed by atoms with Gasteiger partial charge in [0.2, 0.25) is 0 Å². The van der Waals surface area contributed by atoms with Crippen LogP contribution in [0.1, 0.15) is 5.69 Å². The van der Waals surface area contributed by atoms with Gasteiger partial charge in [0.05, 0.1) is 5.52 Å². The van der Waals surface area contributed by atoms with E-state index in [0.29, 0.717) is 10.4 Å². The van der Waals surface area contributed by atoms with Crippen LogP contribution in [0.15, 0.2) is 48.5 Å². The van der Waals surface area contributed by atoms with Gasteiger partial charge in [0.1, 0.15) is 17.2 Å². The average Bonchev–Trinajstić information content (AvgIpc) is 2.49. The Balaban J connectivity index is 2.15. The van der Waals surface area contributed by atoms with Gasteiger partial charge >= 0.3 is 6.18 Å². The number of fused-ring (bicyclic) bond motifs is 1. The Hall–Kier alpha value is -2.47. The van der Waals surface area contributed by atoms with Gasteiger partial charge in [-0.15, -0.1) is 0 Å². The van der Waals surface area contributed by atoms with Gasteiger partial charge < -0.3 is 4.74 Å². The number of pyridine rings is 1. The number of hydrogen-bond acceptors (Lipinski definition) is 2. The van der Waals surface area contributed by atoms with E-state index in [9.17, 15) is 18.3 Å². The molecule has 0 amide bonds. The molecule has 0 aliphatic rings. The second kappa shape index (κ2) is 5.62. The maximum atomic E-state index is 13.0. The summed E-state index contributed by atoms with van der Waals surface area (Å²) < 4.78 is 44.4. The van der Waals surface area contributed by atoms with E-state index in [1.807, 2.05) is 0 Å². The smallest absolute Gasteiger partial charge is 0.433 e. The van der Waals surface area contributed by atoms with Gasteiger partial charge in [-0.1, -0.05) is 11.6 Å². The second-order valence-corrected chi connectivity index (χ2v) is 5.17. The summed E-state index contributed by atoms with van der Waals surface area (Å²) in [4.78, 5) is 3.59. The minimum atomic E-state index is -4.61. The highest BCUT2D eigenvalue weighted by molar-refractivity contribution is 6.31. The first kappa shape index (κ1) is 15.4. The molecular weight excluding hydrogens is 331 g/mol. The fourth-order valence-electron chi connectivity index (χ4n) is 2.03. The van der Waals surface area contributed by atoms with Crippen LogP contribution in [0.4, 0.5) is 13.2 Å². The van der Waals surface area contributed by atoms with E-state index in [2.05, 4.69) is 4.98 Å². The first-order valence-electron chi connectivity index (χ1n) is 6.45. The summed E-state index contributed by atoms with van der Waals surface area (Å²) in [5.41, 5.74) is -0.956. The van der Waals surface area contributed by atoms with Gasteiger partial charge in [0.15, 0.2) is 5.75 Å². The third kappa shape index (κ3) is 3.32. The molecule has 0 atom stereocenters. The van der Waals surface area contributed by atoms with Crippen LogP contribution in [0.2, 0.25) is 5.02 Å². The first-order chi connectivity index (χ1) is 10.8. The predicted octanol–water partition coefficient (Wildman–Crippen LogP) is 5.84. The topological polar surface area (TPSA) is 42.0 Å². The average molecular weight is 339 g/mol. The van der Waals surface area contributed by atoms with Crippen molar-refractivity contribution in [2.75, 3.05) is 0 Å². The lowest BCUT2D eigenvalue weighted by Crippen LogP contribution is -2.08. The summed E-state index contributed by atoms with van der Waals surface area (Å²) in [5.74, 6) is -0.0235. The zero-order valence-electron chi connectivity index (χ0n) is 11.4. The van der Waals surface area contributed by atoms with Gasteiger partial charge in [0.25, 0.3) is 0 Å². The zero-order valence-corrected chi connectivity index (χ0v) is 12.2. The summed E-state index contributed by atoms with van der Waals surface area (Å²) in [7, 11) is 0. The standard InChI is InChI=1S/C16H8ClF3NO2/c17-9-1-6-13-12(7-9)14(8-15(21-13)16(18,19)20)23-11-4-2-10(22)3-5-11/h1-8H. The van der Waals surface area contributed by atoms with Crippen LogP contribution >= 0.6 is 11.6 Å². The third-order valence-corrected chi connectivity index (χ3v) is 3.31. The van der Waals surface area contributed by atoms with Gasteiger partial charge in [0, 0.05) is 16.5 Å². The molecule has 117 valence electrons. The predicted molar refractivity (Wildman–Crippen MR) is 78.4 cm³/mol. The van der Waals surface area contributed by atoms with E-state index < -0.39 is 11.9 Å². The Morgan fingerprint density at radius 1 is 1.00 bits per heavy atom. The van der Waals surface area contributed by atoms with Gasteiger partial charge in [-0.05, 0) is 42.5 Å². The lowest BCUT2D eigenvalue weighted by atomic mass is 10.1. The minimum Gasteiger partial charge on any atom is -0.457 e. The third-order valence-electron chi connectivity index (χ3n) is 3.07. The van der Waals surface area contributed by atoms with Crippen LogP contribution < -0.4 is 4.74 Å². The van der Waals surface area contributed by atoms with Crippen molar-refractivity contribution < 1.29 is 23.0 Å². The van der Waals surface area contributed by atoms with E-state index in [1.165, 1.54) is 42.5 Å². The first-order valence-corrected chi connectivity index (χ1v) is 6.83. The molecule has 1 heterocycles. The Bertz CT molecular complexity index is 864. The summed E-state index contributed by atoms with van der Waals surface area (Å²) in [5, 5.41) is 11.8. The van der Waals surface area contributed by atoms with Crippen molar-refractivity contribution in [3.8, 4) is 17.2 Å². The SMILES string of the molecule is [O]c1ccc(Oc2cc(C(F)(F)F)nc3ccc(Cl)cc23)cc1. The molecule has 0 saturated heterocycles. The fraction of sp³-hybridized carbons (Fsp3) is 0.0625. The number of halogens is 4. The van der Waals surface area contributed by atoms with E-state index in [4.69, 9.17) is 16.3 Å². The van der Waals surface area contributed by atoms with Crippen molar-refractivity contribution >= 4 is 22.5 Å². The van der Waals surface area contributed by atoms with E-state index in [-0.39, 0.29) is 22.8 Å². The molecule has 0 N–H and O–H groups in total. The maximum Gasteiger partial charge on any atom is 0.433 e. The zero-order chi connectivity index (χ0) is 16.6. The van der Waals surface area contributed by atoms with Crippen molar-refractivity contribution in [2.45, 2.75) is 6.18 Å². The number of rotatable bonds is 2. The Morgan fingerprint density at radius 2 is 1.70 bits per heavy atom. The molecule has 23 heavy (non-hydrogen) atoms. The molecular formula is C16H8ClF3NO2. The number of alkyl halides is 3. The lowest BCUT2D eigenvalue weighted by Gasteiger charge is -2.13. The van der Waals surface area contributed by atoms with E-state index >= 15 is 0 Å². The van der Waals surface area contributed by atoms with Crippen molar-refractivity contribution in [3.63, 3.8) is 0 Å². The molecule has 3 rings (SSSR count). The summed E-state index contributed by atoms with van der Waals surface area (Å²) in [6.45, 7) is 0. The van der Waals surface area contributed by atoms with Crippen molar-refractivity contribution in [3.05, 3.63) is 59.2 Å². The highest BCUT2D eigenvalue weighted by atomic mass is 35.5. The van der Waals surface area contributed by atoms with Crippen LogP contribution in [0.5, 0.6) is 17.2 Å². The molecule has 0 aliphatic heterocycles. The molecule has 0 bridgehead atoms.